The summed E-state index contributed by atoms with van der Waals surface area (Å²) in [5.41, 5.74) is 3.71. The van der Waals surface area contributed by atoms with Crippen LogP contribution in [-0.2, 0) is 13.2 Å². The first kappa shape index (κ1) is 16.6. The monoisotopic (exact) mass is 297 g/mol. The maximum atomic E-state index is 6.00. The highest BCUT2D eigenvalue weighted by Gasteiger charge is 2.03. The van der Waals surface area contributed by atoms with Gasteiger partial charge in [-0.15, -0.1) is 0 Å². The van der Waals surface area contributed by atoms with Gasteiger partial charge in [0.25, 0.3) is 0 Å². The van der Waals surface area contributed by atoms with Crippen LogP contribution in [0.15, 0.2) is 48.5 Å². The molecule has 0 saturated carbocycles. The number of para-hydroxylation sites is 1. The van der Waals surface area contributed by atoms with Crippen molar-refractivity contribution < 1.29 is 4.74 Å². The summed E-state index contributed by atoms with van der Waals surface area (Å²) >= 11 is 0. The third-order valence-electron chi connectivity index (χ3n) is 3.76. The SMILES string of the molecule is CCCCCNCc1ccccc1OCc1ccc(C)cc1. The number of hydrogen-bond acceptors (Lipinski definition) is 2. The van der Waals surface area contributed by atoms with E-state index in [-0.39, 0.29) is 0 Å². The molecule has 0 aliphatic carbocycles. The Bertz CT molecular complexity index is 548. The summed E-state index contributed by atoms with van der Waals surface area (Å²) in [7, 11) is 0. The Morgan fingerprint density at radius 2 is 1.73 bits per heavy atom. The highest BCUT2D eigenvalue weighted by atomic mass is 16.5. The van der Waals surface area contributed by atoms with Gasteiger partial charge >= 0.3 is 0 Å². The van der Waals surface area contributed by atoms with E-state index in [4.69, 9.17) is 4.74 Å². The fourth-order valence-electron chi connectivity index (χ4n) is 2.36. The van der Waals surface area contributed by atoms with Crippen molar-refractivity contribution in [1.82, 2.24) is 5.32 Å². The van der Waals surface area contributed by atoms with Crippen LogP contribution >= 0.6 is 0 Å². The Kier molecular flexibility index (Phi) is 6.98. The third-order valence-corrected chi connectivity index (χ3v) is 3.76. The smallest absolute Gasteiger partial charge is 0.124 e. The number of ether oxygens (including phenoxy) is 1. The Labute approximate surface area is 134 Å². The average Bonchev–Trinajstić information content (AvgIpc) is 2.55. The lowest BCUT2D eigenvalue weighted by atomic mass is 10.1. The molecule has 2 heteroatoms. The van der Waals surface area contributed by atoms with Crippen molar-refractivity contribution in [3.8, 4) is 5.75 Å². The molecule has 118 valence electrons. The van der Waals surface area contributed by atoms with Gasteiger partial charge in [0.15, 0.2) is 0 Å². The number of rotatable bonds is 9. The van der Waals surface area contributed by atoms with Gasteiger partial charge in [0, 0.05) is 12.1 Å². The Hall–Kier alpha value is -1.80. The molecule has 0 fully saturated rings. The van der Waals surface area contributed by atoms with Crippen LogP contribution in [0, 0.1) is 6.92 Å². The first-order chi connectivity index (χ1) is 10.8. The fourth-order valence-corrected chi connectivity index (χ4v) is 2.36. The summed E-state index contributed by atoms with van der Waals surface area (Å²) in [6.45, 7) is 6.89. The molecule has 0 unspecified atom stereocenters. The molecule has 0 spiro atoms. The zero-order valence-corrected chi connectivity index (χ0v) is 13.8. The van der Waals surface area contributed by atoms with Crippen LogP contribution in [-0.4, -0.2) is 6.54 Å². The van der Waals surface area contributed by atoms with Crippen LogP contribution in [0.1, 0.15) is 42.9 Å². The van der Waals surface area contributed by atoms with Crippen molar-refractivity contribution in [2.45, 2.75) is 46.3 Å². The lowest BCUT2D eigenvalue weighted by molar-refractivity contribution is 0.302. The summed E-state index contributed by atoms with van der Waals surface area (Å²) < 4.78 is 6.00. The molecule has 22 heavy (non-hydrogen) atoms. The van der Waals surface area contributed by atoms with Gasteiger partial charge in [-0.05, 0) is 31.5 Å². The molecule has 0 saturated heterocycles. The van der Waals surface area contributed by atoms with Gasteiger partial charge in [0.1, 0.15) is 12.4 Å². The zero-order valence-electron chi connectivity index (χ0n) is 13.8. The quantitative estimate of drug-likeness (QED) is 0.668. The van der Waals surface area contributed by atoms with Crippen molar-refractivity contribution in [2.75, 3.05) is 6.54 Å². The first-order valence-electron chi connectivity index (χ1n) is 8.26. The number of hydrogen-bond donors (Lipinski definition) is 1. The van der Waals surface area contributed by atoms with Crippen LogP contribution in [0.3, 0.4) is 0 Å². The molecule has 0 aromatic heterocycles. The molecule has 0 atom stereocenters. The number of unbranched alkanes of at least 4 members (excludes halogenated alkanes) is 2. The second kappa shape index (κ2) is 9.26. The molecule has 0 aliphatic heterocycles. The minimum atomic E-state index is 0.618. The van der Waals surface area contributed by atoms with E-state index in [9.17, 15) is 0 Å². The standard InChI is InChI=1S/C20H27NO/c1-3-4-7-14-21-15-19-8-5-6-9-20(19)22-16-18-12-10-17(2)11-13-18/h5-6,8-13,21H,3-4,7,14-16H2,1-2H3. The topological polar surface area (TPSA) is 21.3 Å². The molecule has 2 aromatic rings. The van der Waals surface area contributed by atoms with E-state index in [2.05, 4.69) is 61.6 Å². The van der Waals surface area contributed by atoms with E-state index < -0.39 is 0 Å². The van der Waals surface area contributed by atoms with E-state index in [0.29, 0.717) is 6.61 Å². The Balaban J connectivity index is 1.86. The second-order valence-corrected chi connectivity index (χ2v) is 5.77. The third kappa shape index (κ3) is 5.53. The predicted molar refractivity (Wildman–Crippen MR) is 93.2 cm³/mol. The molecule has 0 radical (unpaired) electrons. The van der Waals surface area contributed by atoms with Gasteiger partial charge < -0.3 is 10.1 Å². The van der Waals surface area contributed by atoms with Crippen molar-refractivity contribution in [3.05, 3.63) is 65.2 Å². The normalized spacial score (nSPS) is 10.6. The highest BCUT2D eigenvalue weighted by molar-refractivity contribution is 5.33. The number of benzene rings is 2. The van der Waals surface area contributed by atoms with Crippen LogP contribution in [0.2, 0.25) is 0 Å². The van der Waals surface area contributed by atoms with E-state index in [1.165, 1.54) is 36.0 Å². The molecule has 0 heterocycles. The minimum absolute atomic E-state index is 0.618. The van der Waals surface area contributed by atoms with E-state index in [1.54, 1.807) is 0 Å². The van der Waals surface area contributed by atoms with Crippen LogP contribution < -0.4 is 10.1 Å². The lowest BCUT2D eigenvalue weighted by Gasteiger charge is -2.12. The molecule has 0 aliphatic rings. The van der Waals surface area contributed by atoms with E-state index >= 15 is 0 Å². The van der Waals surface area contributed by atoms with Gasteiger partial charge in [-0.3, -0.25) is 0 Å². The van der Waals surface area contributed by atoms with Crippen molar-refractivity contribution in [1.29, 1.82) is 0 Å². The summed E-state index contributed by atoms with van der Waals surface area (Å²) in [5, 5.41) is 3.50. The summed E-state index contributed by atoms with van der Waals surface area (Å²) in [4.78, 5) is 0. The van der Waals surface area contributed by atoms with Crippen molar-refractivity contribution in [2.24, 2.45) is 0 Å². The fraction of sp³-hybridized carbons (Fsp3) is 0.400. The average molecular weight is 297 g/mol. The molecule has 2 rings (SSSR count). The molecule has 0 amide bonds. The molecular formula is C20H27NO. The first-order valence-corrected chi connectivity index (χ1v) is 8.26. The molecule has 2 nitrogen and oxygen atoms in total. The number of aryl methyl sites for hydroxylation is 1. The van der Waals surface area contributed by atoms with Gasteiger partial charge in [-0.25, -0.2) is 0 Å². The van der Waals surface area contributed by atoms with E-state index in [0.717, 1.165) is 18.8 Å². The lowest BCUT2D eigenvalue weighted by Crippen LogP contribution is -2.15. The van der Waals surface area contributed by atoms with Gasteiger partial charge in [0.2, 0.25) is 0 Å². The highest BCUT2D eigenvalue weighted by Crippen LogP contribution is 2.19. The van der Waals surface area contributed by atoms with Crippen LogP contribution in [0.4, 0.5) is 0 Å². The Morgan fingerprint density at radius 1 is 0.955 bits per heavy atom. The zero-order chi connectivity index (χ0) is 15.6. The maximum Gasteiger partial charge on any atom is 0.124 e. The second-order valence-electron chi connectivity index (χ2n) is 5.77. The maximum absolute atomic E-state index is 6.00. The van der Waals surface area contributed by atoms with Crippen molar-refractivity contribution in [3.63, 3.8) is 0 Å². The van der Waals surface area contributed by atoms with Crippen LogP contribution in [0.25, 0.3) is 0 Å². The molecule has 0 bridgehead atoms. The van der Waals surface area contributed by atoms with Gasteiger partial charge in [-0.1, -0.05) is 67.8 Å². The predicted octanol–water partition coefficient (Wildman–Crippen LogP) is 4.85. The largest absolute Gasteiger partial charge is 0.489 e. The Morgan fingerprint density at radius 3 is 2.50 bits per heavy atom. The van der Waals surface area contributed by atoms with Gasteiger partial charge in [0.05, 0.1) is 0 Å². The van der Waals surface area contributed by atoms with Gasteiger partial charge in [-0.2, -0.15) is 0 Å². The summed E-state index contributed by atoms with van der Waals surface area (Å²) in [6.07, 6.45) is 3.79. The molecular weight excluding hydrogens is 270 g/mol. The van der Waals surface area contributed by atoms with E-state index in [1.807, 2.05) is 6.07 Å². The minimum Gasteiger partial charge on any atom is -0.489 e. The number of nitrogens with one attached hydrogen (secondary N) is 1. The van der Waals surface area contributed by atoms with Crippen molar-refractivity contribution >= 4 is 0 Å². The molecule has 2 aromatic carbocycles. The van der Waals surface area contributed by atoms with Crippen LogP contribution in [0.5, 0.6) is 5.75 Å². The summed E-state index contributed by atoms with van der Waals surface area (Å²) in [6, 6.07) is 16.8. The molecule has 1 N–H and O–H groups in total. The summed E-state index contributed by atoms with van der Waals surface area (Å²) in [5.74, 6) is 0.978.